The maximum Gasteiger partial charge on any atom is 0.433 e. The van der Waals surface area contributed by atoms with E-state index >= 15 is 0 Å². The molecule has 0 spiro atoms. The number of alkyl halides is 3. The second-order valence-electron chi connectivity index (χ2n) is 11.3. The molecular weight excluding hydrogens is 559 g/mol. The maximum atomic E-state index is 13.6. The van der Waals surface area contributed by atoms with E-state index in [1.165, 1.54) is 13.3 Å². The molecule has 4 aromatic rings. The number of hydrogen-bond donors (Lipinski definition) is 2. The number of ether oxygens (including phenoxy) is 1. The van der Waals surface area contributed by atoms with Crippen molar-refractivity contribution in [2.45, 2.75) is 58.9 Å². The smallest absolute Gasteiger partial charge is 0.433 e. The van der Waals surface area contributed by atoms with Crippen molar-refractivity contribution in [3.8, 4) is 5.75 Å². The van der Waals surface area contributed by atoms with E-state index in [-0.39, 0.29) is 24.1 Å². The number of aryl methyl sites for hydroxylation is 1. The average molecular weight is 596 g/mol. The zero-order valence-electron chi connectivity index (χ0n) is 24.7. The van der Waals surface area contributed by atoms with Gasteiger partial charge in [-0.3, -0.25) is 19.5 Å². The molecule has 0 bridgehead atoms. The number of carbonyl (C=O) groups is 1. The second kappa shape index (κ2) is 12.2. The lowest BCUT2D eigenvalue weighted by Crippen LogP contribution is -2.36. The van der Waals surface area contributed by atoms with Crippen molar-refractivity contribution in [1.82, 2.24) is 24.8 Å². The molecule has 0 aliphatic carbocycles. The summed E-state index contributed by atoms with van der Waals surface area (Å²) in [5, 5.41) is 3.76. The number of fused-ring (bicyclic) bond motifs is 1. The summed E-state index contributed by atoms with van der Waals surface area (Å²) in [6.45, 7) is 7.86. The Hall–Kier alpha value is -4.12. The quantitative estimate of drug-likeness (QED) is 0.270. The lowest BCUT2D eigenvalue weighted by Gasteiger charge is -2.36. The molecule has 4 heterocycles. The highest BCUT2D eigenvalue weighted by Crippen LogP contribution is 2.36. The van der Waals surface area contributed by atoms with E-state index in [4.69, 9.17) is 4.74 Å². The van der Waals surface area contributed by atoms with Crippen LogP contribution in [0.2, 0.25) is 0 Å². The Balaban J connectivity index is 1.31. The number of carbonyl (C=O) groups excluding carboxylic acids is 1. The summed E-state index contributed by atoms with van der Waals surface area (Å²) in [6.07, 6.45) is -1.49. The van der Waals surface area contributed by atoms with Gasteiger partial charge in [-0.15, -0.1) is 0 Å². The summed E-state index contributed by atoms with van der Waals surface area (Å²) in [7, 11) is 1.49. The van der Waals surface area contributed by atoms with E-state index < -0.39 is 11.9 Å². The van der Waals surface area contributed by atoms with Gasteiger partial charge in [-0.05, 0) is 82.4 Å². The normalized spacial score (nSPS) is 15.5. The summed E-state index contributed by atoms with van der Waals surface area (Å²) in [4.78, 5) is 34.5. The average Bonchev–Trinajstić information content (AvgIpc) is 3.27. The summed E-state index contributed by atoms with van der Waals surface area (Å²) in [5.41, 5.74) is 2.82. The summed E-state index contributed by atoms with van der Waals surface area (Å²) in [6, 6.07) is 12.4. The van der Waals surface area contributed by atoms with Crippen LogP contribution in [0, 0.1) is 19.8 Å². The molecule has 1 aliphatic heterocycles. The van der Waals surface area contributed by atoms with Gasteiger partial charge in [0.1, 0.15) is 11.4 Å². The molecule has 43 heavy (non-hydrogen) atoms. The first-order valence-corrected chi connectivity index (χ1v) is 14.4. The predicted octanol–water partition coefficient (Wildman–Crippen LogP) is 5.77. The van der Waals surface area contributed by atoms with E-state index in [0.29, 0.717) is 40.6 Å². The highest BCUT2D eigenvalue weighted by Gasteiger charge is 2.33. The number of H-pyrrole nitrogens is 1. The number of piperidine rings is 1. The van der Waals surface area contributed by atoms with Crippen LogP contribution < -0.4 is 15.6 Å². The number of benzene rings is 1. The van der Waals surface area contributed by atoms with Gasteiger partial charge in [-0.2, -0.15) is 13.2 Å². The fourth-order valence-corrected chi connectivity index (χ4v) is 6.29. The number of amides is 1. The Bertz CT molecular complexity index is 1690. The number of nitrogens with one attached hydrogen (secondary N) is 2. The van der Waals surface area contributed by atoms with Crippen LogP contribution in [0.5, 0.6) is 5.75 Å². The van der Waals surface area contributed by atoms with E-state index in [1.54, 1.807) is 19.1 Å². The molecule has 11 heteroatoms. The highest BCUT2D eigenvalue weighted by atomic mass is 19.4. The molecule has 1 aliphatic rings. The van der Waals surface area contributed by atoms with Gasteiger partial charge in [0.15, 0.2) is 0 Å². The predicted molar refractivity (Wildman–Crippen MR) is 158 cm³/mol. The number of para-hydroxylation sites is 1. The lowest BCUT2D eigenvalue weighted by atomic mass is 9.89. The van der Waals surface area contributed by atoms with Gasteiger partial charge in [0.2, 0.25) is 0 Å². The number of rotatable bonds is 8. The topological polar surface area (TPSA) is 92.2 Å². The Kier molecular flexibility index (Phi) is 8.64. The first kappa shape index (κ1) is 30.3. The maximum absolute atomic E-state index is 13.6. The van der Waals surface area contributed by atoms with Crippen LogP contribution in [0.1, 0.15) is 64.4 Å². The number of halogens is 3. The lowest BCUT2D eigenvalue weighted by molar-refractivity contribution is -0.141. The molecule has 0 unspecified atom stereocenters. The molecule has 3 aromatic heterocycles. The van der Waals surface area contributed by atoms with Gasteiger partial charge in [0.05, 0.1) is 24.8 Å². The minimum atomic E-state index is -4.46. The summed E-state index contributed by atoms with van der Waals surface area (Å²) in [5.74, 6) is 0.470. The molecule has 1 atom stereocenters. The number of pyridine rings is 2. The Morgan fingerprint density at radius 2 is 1.88 bits per heavy atom. The van der Waals surface area contributed by atoms with Crippen LogP contribution in [0.4, 0.5) is 13.2 Å². The van der Waals surface area contributed by atoms with Gasteiger partial charge in [0.25, 0.3) is 11.5 Å². The number of likely N-dealkylation sites (tertiary alicyclic amines) is 1. The second-order valence-corrected chi connectivity index (χ2v) is 11.3. The largest absolute Gasteiger partial charge is 0.496 e. The van der Waals surface area contributed by atoms with Crippen molar-refractivity contribution in [3.63, 3.8) is 0 Å². The molecule has 1 saturated heterocycles. The monoisotopic (exact) mass is 595 g/mol. The Morgan fingerprint density at radius 3 is 2.58 bits per heavy atom. The number of nitrogens with zero attached hydrogens (tertiary/aromatic N) is 3. The Labute approximate surface area is 247 Å². The van der Waals surface area contributed by atoms with E-state index in [9.17, 15) is 22.8 Å². The SMILES string of the molecule is COc1cc(C)[nH]c(=O)c1CNC(=O)c1c(C)n([C@H](C)C2CCN(Cc3ccnc(C(F)(F)F)c3)CC2)c2ccccc12. The molecule has 1 fully saturated rings. The third-order valence-electron chi connectivity index (χ3n) is 8.50. The van der Waals surface area contributed by atoms with Crippen LogP contribution in [0.15, 0.2) is 53.5 Å². The highest BCUT2D eigenvalue weighted by molar-refractivity contribution is 6.08. The van der Waals surface area contributed by atoms with E-state index in [0.717, 1.165) is 48.6 Å². The minimum absolute atomic E-state index is 0.0204. The molecule has 8 nitrogen and oxygen atoms in total. The molecule has 1 aromatic carbocycles. The van der Waals surface area contributed by atoms with Gasteiger partial charge >= 0.3 is 6.18 Å². The van der Waals surface area contributed by atoms with Crippen LogP contribution >= 0.6 is 0 Å². The molecule has 228 valence electrons. The van der Waals surface area contributed by atoms with Crippen LogP contribution in [0.25, 0.3) is 10.9 Å². The molecule has 5 rings (SSSR count). The zero-order valence-corrected chi connectivity index (χ0v) is 24.7. The molecule has 1 amide bonds. The minimum Gasteiger partial charge on any atom is -0.496 e. The molecule has 0 saturated carbocycles. The third-order valence-corrected chi connectivity index (χ3v) is 8.50. The van der Waals surface area contributed by atoms with Crippen molar-refractivity contribution in [1.29, 1.82) is 0 Å². The van der Waals surface area contributed by atoms with Gasteiger partial charge < -0.3 is 19.6 Å². The number of hydrogen-bond acceptors (Lipinski definition) is 5. The van der Waals surface area contributed by atoms with Crippen molar-refractivity contribution < 1.29 is 22.7 Å². The van der Waals surface area contributed by atoms with Crippen molar-refractivity contribution in [2.24, 2.45) is 5.92 Å². The van der Waals surface area contributed by atoms with Crippen LogP contribution in [-0.4, -0.2) is 45.5 Å². The fourth-order valence-electron chi connectivity index (χ4n) is 6.29. The molecule has 0 radical (unpaired) electrons. The fraction of sp³-hybridized carbons (Fsp3) is 0.406. The van der Waals surface area contributed by atoms with Crippen LogP contribution in [-0.2, 0) is 19.3 Å². The standard InChI is InChI=1S/C32H36F3N5O3/c1-19-15-27(43-4)25(30(41)38-19)17-37-31(42)29-21(3)40(26-8-6-5-7-24(26)29)20(2)23-10-13-39(14-11-23)18-22-9-12-36-28(16-22)32(33,34)35/h5-9,12,15-16,20,23H,10-11,13-14,17-18H2,1-4H3,(H,37,42)(H,38,41)/t20-/m1/s1. The number of aromatic amines is 1. The van der Waals surface area contributed by atoms with Gasteiger partial charge in [0, 0.05) is 41.1 Å². The third kappa shape index (κ3) is 6.31. The number of aromatic nitrogens is 3. The summed E-state index contributed by atoms with van der Waals surface area (Å²) < 4.78 is 46.9. The van der Waals surface area contributed by atoms with Crippen molar-refractivity contribution >= 4 is 16.8 Å². The van der Waals surface area contributed by atoms with Crippen molar-refractivity contribution in [3.05, 3.63) is 92.8 Å². The number of methoxy groups -OCH3 is 1. The zero-order chi connectivity index (χ0) is 30.9. The Morgan fingerprint density at radius 1 is 1.16 bits per heavy atom. The molecule has 2 N–H and O–H groups in total. The first-order chi connectivity index (χ1) is 20.5. The van der Waals surface area contributed by atoms with E-state index in [1.807, 2.05) is 31.2 Å². The first-order valence-electron chi connectivity index (χ1n) is 14.4. The van der Waals surface area contributed by atoms with Crippen LogP contribution in [0.3, 0.4) is 0 Å². The van der Waals surface area contributed by atoms with E-state index in [2.05, 4.69) is 31.7 Å². The summed E-state index contributed by atoms with van der Waals surface area (Å²) >= 11 is 0. The van der Waals surface area contributed by atoms with Gasteiger partial charge in [-0.25, -0.2) is 0 Å². The van der Waals surface area contributed by atoms with Crippen molar-refractivity contribution in [2.75, 3.05) is 20.2 Å². The van der Waals surface area contributed by atoms with Gasteiger partial charge in [-0.1, -0.05) is 18.2 Å². The molecular formula is C32H36F3N5O3.